The predicted molar refractivity (Wildman–Crippen MR) is 68.5 cm³/mol. The van der Waals surface area contributed by atoms with Crippen molar-refractivity contribution in [1.29, 1.82) is 0 Å². The van der Waals surface area contributed by atoms with Crippen molar-refractivity contribution < 1.29 is 14.5 Å². The van der Waals surface area contributed by atoms with Crippen molar-refractivity contribution >= 4 is 29.1 Å². The lowest BCUT2D eigenvalue weighted by molar-refractivity contribution is -0.385. The summed E-state index contributed by atoms with van der Waals surface area (Å²) in [6.45, 7) is 1.92. The summed E-state index contributed by atoms with van der Waals surface area (Å²) in [5.41, 5.74) is 8.74. The van der Waals surface area contributed by atoms with Crippen molar-refractivity contribution in [2.45, 2.75) is 19.8 Å². The molecule has 19 heavy (non-hydrogen) atoms. The van der Waals surface area contributed by atoms with Gasteiger partial charge in [-0.3, -0.25) is 19.7 Å². The Morgan fingerprint density at radius 1 is 1.47 bits per heavy atom. The quantitative estimate of drug-likeness (QED) is 0.628. The summed E-state index contributed by atoms with van der Waals surface area (Å²) in [7, 11) is 0. The molecule has 2 amide bonds. The van der Waals surface area contributed by atoms with E-state index in [2.05, 4.69) is 4.98 Å². The van der Waals surface area contributed by atoms with Crippen LogP contribution in [-0.4, -0.2) is 21.7 Å². The molecule has 0 saturated heterocycles. The highest BCUT2D eigenvalue weighted by molar-refractivity contribution is 6.30. The van der Waals surface area contributed by atoms with Crippen LogP contribution in [0.5, 0.6) is 0 Å². The Labute approximate surface area is 113 Å². The summed E-state index contributed by atoms with van der Waals surface area (Å²) >= 11 is 5.45. The summed E-state index contributed by atoms with van der Waals surface area (Å²) < 4.78 is 0. The van der Waals surface area contributed by atoms with E-state index in [0.29, 0.717) is 6.42 Å². The molecule has 0 fully saturated rings. The van der Waals surface area contributed by atoms with Crippen molar-refractivity contribution in [3.05, 3.63) is 33.1 Å². The van der Waals surface area contributed by atoms with Gasteiger partial charge < -0.3 is 11.5 Å². The van der Waals surface area contributed by atoms with Gasteiger partial charge >= 0.3 is 5.69 Å². The van der Waals surface area contributed by atoms with Crippen LogP contribution in [0.25, 0.3) is 0 Å². The van der Waals surface area contributed by atoms with E-state index >= 15 is 0 Å². The molecule has 1 rings (SSSR count). The topological polar surface area (TPSA) is 142 Å². The second kappa shape index (κ2) is 7.98. The van der Waals surface area contributed by atoms with Gasteiger partial charge in [-0.25, -0.2) is 4.98 Å². The van der Waals surface area contributed by atoms with E-state index in [-0.39, 0.29) is 10.9 Å². The first-order valence-electron chi connectivity index (χ1n) is 5.17. The Hall–Kier alpha value is -2.22. The number of hydrogen-bond donors (Lipinski definition) is 2. The molecule has 0 aliphatic heterocycles. The Kier molecular flexibility index (Phi) is 7.05. The second-order valence-corrected chi connectivity index (χ2v) is 3.80. The molecule has 0 aliphatic rings. The van der Waals surface area contributed by atoms with E-state index in [4.69, 9.17) is 23.1 Å². The lowest BCUT2D eigenvalue weighted by atomic mass is 10.3. The number of rotatable bonds is 4. The summed E-state index contributed by atoms with van der Waals surface area (Å²) in [6, 6.07) is 1.02. The van der Waals surface area contributed by atoms with E-state index in [1.165, 1.54) is 0 Å². The summed E-state index contributed by atoms with van der Waals surface area (Å²) in [5.74, 6) is -1.17. The highest BCUT2D eigenvalue weighted by Gasteiger charge is 2.19. The number of halogens is 1. The molecule has 0 unspecified atom stereocenters. The number of pyridine rings is 1. The third-order valence-electron chi connectivity index (χ3n) is 1.76. The van der Waals surface area contributed by atoms with Crippen LogP contribution in [0.4, 0.5) is 5.69 Å². The number of nitro groups is 1. The molecule has 0 saturated carbocycles. The number of amides is 2. The SMILES string of the molecule is CCCC(N)=O.NC(=O)c1ncc(Cl)cc1[N+](=O)[O-]. The van der Waals surface area contributed by atoms with Crippen LogP contribution in [0.1, 0.15) is 30.3 Å². The Morgan fingerprint density at radius 3 is 2.37 bits per heavy atom. The maximum absolute atomic E-state index is 10.6. The molecule has 4 N–H and O–H groups in total. The third kappa shape index (κ3) is 6.32. The number of hydrogen-bond acceptors (Lipinski definition) is 5. The van der Waals surface area contributed by atoms with Crippen LogP contribution in [-0.2, 0) is 4.79 Å². The highest BCUT2D eigenvalue weighted by atomic mass is 35.5. The van der Waals surface area contributed by atoms with E-state index in [1.807, 2.05) is 6.92 Å². The zero-order valence-corrected chi connectivity index (χ0v) is 10.9. The largest absolute Gasteiger partial charge is 0.370 e. The first-order valence-corrected chi connectivity index (χ1v) is 5.55. The number of aromatic nitrogens is 1. The maximum atomic E-state index is 10.6. The van der Waals surface area contributed by atoms with E-state index < -0.39 is 22.2 Å². The van der Waals surface area contributed by atoms with Gasteiger partial charge in [0.2, 0.25) is 11.6 Å². The van der Waals surface area contributed by atoms with E-state index in [1.54, 1.807) is 0 Å². The van der Waals surface area contributed by atoms with Gasteiger partial charge in [-0.1, -0.05) is 18.5 Å². The van der Waals surface area contributed by atoms with Gasteiger partial charge in [0.25, 0.3) is 5.91 Å². The van der Waals surface area contributed by atoms with Gasteiger partial charge in [0.15, 0.2) is 0 Å². The molecule has 0 bridgehead atoms. The zero-order valence-electron chi connectivity index (χ0n) is 10.1. The van der Waals surface area contributed by atoms with Gasteiger partial charge in [-0.05, 0) is 6.42 Å². The van der Waals surface area contributed by atoms with Gasteiger partial charge in [-0.2, -0.15) is 0 Å². The minimum absolute atomic E-state index is 0.0803. The zero-order chi connectivity index (χ0) is 15.0. The van der Waals surface area contributed by atoms with Crippen LogP contribution in [0.2, 0.25) is 5.02 Å². The Bertz CT molecular complexity index is 492. The standard InChI is InChI=1S/C6H4ClN3O3.C4H9NO/c7-3-1-4(10(12)13)5(6(8)11)9-2-3;1-2-3-4(5)6/h1-2H,(H2,8,11);2-3H2,1H3,(H2,5,6). The van der Waals surface area contributed by atoms with Crippen LogP contribution in [0.3, 0.4) is 0 Å². The first-order chi connectivity index (χ1) is 8.79. The lowest BCUT2D eigenvalue weighted by Gasteiger charge is -1.96. The average molecular weight is 289 g/mol. The molecular weight excluding hydrogens is 276 g/mol. The fourth-order valence-electron chi connectivity index (χ4n) is 1.00. The number of carbonyl (C=O) groups excluding carboxylic acids is 2. The van der Waals surface area contributed by atoms with Crippen LogP contribution in [0.15, 0.2) is 12.3 Å². The van der Waals surface area contributed by atoms with Crippen molar-refractivity contribution in [3.63, 3.8) is 0 Å². The van der Waals surface area contributed by atoms with Crippen LogP contribution >= 0.6 is 11.6 Å². The third-order valence-corrected chi connectivity index (χ3v) is 1.97. The molecule has 1 aromatic heterocycles. The Morgan fingerprint density at radius 2 is 2.05 bits per heavy atom. The average Bonchev–Trinajstić information content (AvgIpc) is 2.28. The molecule has 0 atom stereocenters. The molecule has 0 spiro atoms. The molecule has 1 aromatic rings. The summed E-state index contributed by atoms with van der Waals surface area (Å²) in [4.78, 5) is 33.5. The fourth-order valence-corrected chi connectivity index (χ4v) is 1.16. The van der Waals surface area contributed by atoms with Crippen molar-refractivity contribution in [3.8, 4) is 0 Å². The predicted octanol–water partition coefficient (Wildman–Crippen LogP) is 1.01. The summed E-state index contributed by atoms with van der Waals surface area (Å²) in [5, 5.41) is 10.5. The smallest absolute Gasteiger partial charge is 0.302 e. The maximum Gasteiger partial charge on any atom is 0.302 e. The molecule has 0 aromatic carbocycles. The van der Waals surface area contributed by atoms with Crippen molar-refractivity contribution in [1.82, 2.24) is 4.98 Å². The normalized spacial score (nSPS) is 9.16. The second-order valence-electron chi connectivity index (χ2n) is 3.36. The minimum Gasteiger partial charge on any atom is -0.370 e. The van der Waals surface area contributed by atoms with Crippen LogP contribution in [0, 0.1) is 10.1 Å². The van der Waals surface area contributed by atoms with Gasteiger partial charge in [0.05, 0.1) is 9.95 Å². The first kappa shape index (κ1) is 16.8. The Balaban J connectivity index is 0.000000459. The van der Waals surface area contributed by atoms with Gasteiger partial charge in [-0.15, -0.1) is 0 Å². The van der Waals surface area contributed by atoms with Crippen molar-refractivity contribution in [2.24, 2.45) is 11.5 Å². The minimum atomic E-state index is -0.955. The van der Waals surface area contributed by atoms with E-state index in [9.17, 15) is 19.7 Å². The number of primary amides is 2. The molecule has 8 nitrogen and oxygen atoms in total. The van der Waals surface area contributed by atoms with Crippen molar-refractivity contribution in [2.75, 3.05) is 0 Å². The molecule has 0 radical (unpaired) electrons. The lowest BCUT2D eigenvalue weighted by Crippen LogP contribution is -2.15. The molecule has 104 valence electrons. The molecule has 0 aliphatic carbocycles. The highest BCUT2D eigenvalue weighted by Crippen LogP contribution is 2.19. The van der Waals surface area contributed by atoms with E-state index in [0.717, 1.165) is 18.7 Å². The van der Waals surface area contributed by atoms with Crippen LogP contribution < -0.4 is 11.5 Å². The molecule has 9 heteroatoms. The number of nitrogens with two attached hydrogens (primary N) is 2. The fraction of sp³-hybridized carbons (Fsp3) is 0.300. The monoisotopic (exact) mass is 288 g/mol. The summed E-state index contributed by atoms with van der Waals surface area (Å²) in [6.07, 6.45) is 2.49. The van der Waals surface area contributed by atoms with Gasteiger partial charge in [0, 0.05) is 18.7 Å². The number of nitrogens with zero attached hydrogens (tertiary/aromatic N) is 2. The molecule has 1 heterocycles. The van der Waals surface area contributed by atoms with Gasteiger partial charge in [0.1, 0.15) is 0 Å². The molecular formula is C10H13ClN4O4. The number of carbonyl (C=O) groups is 2.